The Labute approximate surface area is 205 Å². The molecule has 1 aliphatic carbocycles. The van der Waals surface area contributed by atoms with Crippen LogP contribution in [-0.2, 0) is 25.7 Å². The van der Waals surface area contributed by atoms with E-state index in [4.69, 9.17) is 4.42 Å². The van der Waals surface area contributed by atoms with Crippen molar-refractivity contribution in [3.63, 3.8) is 0 Å². The summed E-state index contributed by atoms with van der Waals surface area (Å²) in [7, 11) is 0. The summed E-state index contributed by atoms with van der Waals surface area (Å²) in [6.45, 7) is 4.73. The van der Waals surface area contributed by atoms with Crippen molar-refractivity contribution >= 4 is 0 Å². The molecule has 2 aliphatic rings. The van der Waals surface area contributed by atoms with Gasteiger partial charge in [0.15, 0.2) is 5.89 Å². The fourth-order valence-corrected chi connectivity index (χ4v) is 5.31. The van der Waals surface area contributed by atoms with E-state index in [2.05, 4.69) is 20.2 Å². The van der Waals surface area contributed by atoms with Gasteiger partial charge in [0.05, 0.1) is 6.20 Å². The van der Waals surface area contributed by atoms with Crippen LogP contribution in [0.1, 0.15) is 67.1 Å². The lowest BCUT2D eigenvalue weighted by Crippen LogP contribution is -2.41. The predicted molar refractivity (Wildman–Crippen MR) is 127 cm³/mol. The van der Waals surface area contributed by atoms with Crippen LogP contribution < -0.4 is 5.32 Å². The first kappa shape index (κ1) is 26.1. The van der Waals surface area contributed by atoms with E-state index >= 15 is 0 Å². The van der Waals surface area contributed by atoms with Crippen molar-refractivity contribution in [2.45, 2.75) is 89.6 Å². The van der Waals surface area contributed by atoms with Crippen molar-refractivity contribution in [3.8, 4) is 0 Å². The van der Waals surface area contributed by atoms with Crippen LogP contribution in [0.5, 0.6) is 0 Å². The highest BCUT2D eigenvalue weighted by atomic mass is 19.4. The molecule has 2 aromatic rings. The summed E-state index contributed by atoms with van der Waals surface area (Å²) in [5, 5.41) is 13.7. The van der Waals surface area contributed by atoms with Gasteiger partial charge in [-0.2, -0.15) is 13.2 Å². The van der Waals surface area contributed by atoms with Gasteiger partial charge in [-0.05, 0) is 69.0 Å². The second kappa shape index (κ2) is 11.8. The van der Waals surface area contributed by atoms with Crippen LogP contribution in [0.3, 0.4) is 0 Å². The highest BCUT2D eigenvalue weighted by molar-refractivity contribution is 5.25. The van der Waals surface area contributed by atoms with Crippen LogP contribution >= 0.6 is 0 Å². The number of fused-ring (bicyclic) bond motifs is 1. The van der Waals surface area contributed by atoms with Crippen LogP contribution in [0, 0.1) is 12.8 Å². The molecule has 1 aliphatic heterocycles. The smallest absolute Gasteiger partial charge is 0.389 e. The molecule has 0 amide bonds. The highest BCUT2D eigenvalue weighted by Crippen LogP contribution is 2.28. The Bertz CT molecular complexity index is 941. The summed E-state index contributed by atoms with van der Waals surface area (Å²) in [4.78, 5) is 11.1. The second-order valence-corrected chi connectivity index (χ2v) is 10.1. The lowest BCUT2D eigenvalue weighted by atomic mass is 9.84. The van der Waals surface area contributed by atoms with Crippen LogP contribution in [-0.4, -0.2) is 58.1 Å². The molecule has 2 aromatic heterocycles. The maximum Gasteiger partial charge on any atom is 0.389 e. The Morgan fingerprint density at radius 1 is 1.17 bits per heavy atom. The van der Waals surface area contributed by atoms with Gasteiger partial charge in [-0.3, -0.25) is 10.3 Å². The topological polar surface area (TPSA) is 74.4 Å². The molecule has 194 valence electrons. The SMILES string of the molecule is Cc1ncc(CC(O)NC2CCC(CCN3CCc4ccc(CCC(F)(F)F)nc4CC3)CC2)o1. The number of aromatic nitrogens is 2. The van der Waals surface area contributed by atoms with Crippen molar-refractivity contribution in [2.24, 2.45) is 5.92 Å². The normalized spacial score (nSPS) is 22.5. The molecule has 6 nitrogen and oxygen atoms in total. The lowest BCUT2D eigenvalue weighted by Gasteiger charge is -2.32. The van der Waals surface area contributed by atoms with Gasteiger partial charge >= 0.3 is 6.18 Å². The Morgan fingerprint density at radius 2 is 1.94 bits per heavy atom. The zero-order valence-electron chi connectivity index (χ0n) is 20.5. The summed E-state index contributed by atoms with van der Waals surface area (Å²) in [6, 6.07) is 4.07. The number of nitrogens with zero attached hydrogens (tertiary/aromatic N) is 3. The number of aliphatic hydroxyl groups is 1. The molecule has 35 heavy (non-hydrogen) atoms. The number of hydrogen-bond acceptors (Lipinski definition) is 6. The zero-order chi connectivity index (χ0) is 24.8. The van der Waals surface area contributed by atoms with Gasteiger partial charge in [0.1, 0.15) is 12.0 Å². The van der Waals surface area contributed by atoms with E-state index in [0.29, 0.717) is 35.7 Å². The average Bonchev–Trinajstić information content (AvgIpc) is 3.10. The van der Waals surface area contributed by atoms with E-state index in [0.717, 1.165) is 70.3 Å². The third kappa shape index (κ3) is 8.29. The Balaban J connectivity index is 1.15. The molecule has 0 spiro atoms. The zero-order valence-corrected chi connectivity index (χ0v) is 20.5. The average molecular weight is 495 g/mol. The molecule has 0 bridgehead atoms. The van der Waals surface area contributed by atoms with Crippen LogP contribution in [0.15, 0.2) is 22.7 Å². The number of rotatable bonds is 9. The molecule has 1 unspecified atom stereocenters. The molecular weight excluding hydrogens is 457 g/mol. The van der Waals surface area contributed by atoms with Crippen molar-refractivity contribution in [3.05, 3.63) is 46.9 Å². The van der Waals surface area contributed by atoms with Crippen molar-refractivity contribution in [1.82, 2.24) is 20.2 Å². The molecule has 1 saturated carbocycles. The van der Waals surface area contributed by atoms with Gasteiger partial charge in [-0.25, -0.2) is 4.98 Å². The Morgan fingerprint density at radius 3 is 2.66 bits per heavy atom. The summed E-state index contributed by atoms with van der Waals surface area (Å²) in [5.74, 6) is 2.01. The fraction of sp³-hybridized carbons (Fsp3) is 0.692. The Kier molecular flexibility index (Phi) is 8.83. The summed E-state index contributed by atoms with van der Waals surface area (Å²) >= 11 is 0. The van der Waals surface area contributed by atoms with E-state index in [1.54, 1.807) is 19.2 Å². The van der Waals surface area contributed by atoms with Gasteiger partial charge in [-0.1, -0.05) is 6.07 Å². The molecule has 4 rings (SSSR count). The third-order valence-corrected chi connectivity index (χ3v) is 7.35. The molecule has 1 atom stereocenters. The van der Waals surface area contributed by atoms with E-state index in [9.17, 15) is 18.3 Å². The lowest BCUT2D eigenvalue weighted by molar-refractivity contribution is -0.134. The van der Waals surface area contributed by atoms with E-state index in [-0.39, 0.29) is 6.42 Å². The first-order valence-electron chi connectivity index (χ1n) is 12.9. The number of oxazole rings is 1. The van der Waals surface area contributed by atoms with E-state index in [1.807, 2.05) is 6.07 Å². The highest BCUT2D eigenvalue weighted by Gasteiger charge is 2.27. The molecule has 0 radical (unpaired) electrons. The number of aliphatic hydroxyl groups excluding tert-OH is 1. The number of aryl methyl sites for hydroxylation is 2. The van der Waals surface area contributed by atoms with Gasteiger partial charge in [0.2, 0.25) is 0 Å². The third-order valence-electron chi connectivity index (χ3n) is 7.35. The van der Waals surface area contributed by atoms with Crippen LogP contribution in [0.2, 0.25) is 0 Å². The predicted octanol–water partition coefficient (Wildman–Crippen LogP) is 4.37. The maximum atomic E-state index is 12.5. The first-order chi connectivity index (χ1) is 16.7. The molecule has 1 fully saturated rings. The van der Waals surface area contributed by atoms with Crippen molar-refractivity contribution < 1.29 is 22.7 Å². The molecule has 0 saturated heterocycles. The fourth-order valence-electron chi connectivity index (χ4n) is 5.31. The summed E-state index contributed by atoms with van der Waals surface area (Å²) < 4.78 is 43.1. The van der Waals surface area contributed by atoms with E-state index in [1.165, 1.54) is 5.56 Å². The van der Waals surface area contributed by atoms with Gasteiger partial charge < -0.3 is 14.4 Å². The monoisotopic (exact) mass is 494 g/mol. The van der Waals surface area contributed by atoms with Crippen LogP contribution in [0.4, 0.5) is 13.2 Å². The molecule has 9 heteroatoms. The minimum Gasteiger partial charge on any atom is -0.446 e. The number of hydrogen-bond donors (Lipinski definition) is 2. The van der Waals surface area contributed by atoms with Crippen molar-refractivity contribution in [2.75, 3.05) is 19.6 Å². The number of nitrogens with one attached hydrogen (secondary N) is 1. The maximum absolute atomic E-state index is 12.5. The standard InChI is InChI=1S/C26H37F3N4O2/c1-18-30-17-23(35-18)16-25(34)32-21-5-2-19(3-6-21)9-13-33-14-10-20-4-7-22(8-12-26(27,28)29)31-24(20)11-15-33/h4,7,17,19,21,25,32,34H,2-3,5-6,8-16H2,1H3. The number of pyridine rings is 1. The summed E-state index contributed by atoms with van der Waals surface area (Å²) in [5.41, 5.74) is 2.69. The quantitative estimate of drug-likeness (QED) is 0.505. The molecule has 0 aromatic carbocycles. The summed E-state index contributed by atoms with van der Waals surface area (Å²) in [6.07, 6.45) is 3.77. The van der Waals surface area contributed by atoms with Crippen molar-refractivity contribution in [1.29, 1.82) is 0 Å². The molecular formula is C26H37F3N4O2. The van der Waals surface area contributed by atoms with E-state index < -0.39 is 18.8 Å². The number of alkyl halides is 3. The van der Waals surface area contributed by atoms with Gasteiger partial charge in [-0.15, -0.1) is 0 Å². The minimum absolute atomic E-state index is 0.0468. The van der Waals surface area contributed by atoms with Crippen LogP contribution in [0.25, 0.3) is 0 Å². The van der Waals surface area contributed by atoms with Gasteiger partial charge in [0.25, 0.3) is 0 Å². The molecule has 2 N–H and O–H groups in total. The first-order valence-corrected chi connectivity index (χ1v) is 12.9. The second-order valence-electron chi connectivity index (χ2n) is 10.1. The molecule has 3 heterocycles. The minimum atomic E-state index is -4.14. The van der Waals surface area contributed by atoms with Gasteiger partial charge in [0, 0.05) is 56.7 Å². The largest absolute Gasteiger partial charge is 0.446 e. The number of halogens is 3. The Hall–Kier alpha value is -1.97.